The molecule has 16 heavy (non-hydrogen) atoms. The lowest BCUT2D eigenvalue weighted by Crippen LogP contribution is -2.49. The van der Waals surface area contributed by atoms with E-state index in [2.05, 4.69) is 17.2 Å². The van der Waals surface area contributed by atoms with Crippen molar-refractivity contribution in [2.45, 2.75) is 43.5 Å². The van der Waals surface area contributed by atoms with Crippen molar-refractivity contribution in [3.8, 4) is 0 Å². The number of ether oxygens (including phenoxy) is 1. The van der Waals surface area contributed by atoms with Crippen LogP contribution in [0.1, 0.15) is 19.8 Å². The number of aliphatic hydroxyl groups is 2. The van der Waals surface area contributed by atoms with Gasteiger partial charge in [-0.25, -0.2) is 0 Å². The first-order chi connectivity index (χ1) is 7.74. The summed E-state index contributed by atoms with van der Waals surface area (Å²) in [6.45, 7) is 2.76. The van der Waals surface area contributed by atoms with E-state index >= 15 is 0 Å². The summed E-state index contributed by atoms with van der Waals surface area (Å²) in [5.74, 6) is 0. The molecule has 2 rings (SSSR count). The third-order valence-electron chi connectivity index (χ3n) is 2.76. The van der Waals surface area contributed by atoms with E-state index in [-0.39, 0.29) is 18.1 Å². The minimum absolute atomic E-state index is 0.0313. The van der Waals surface area contributed by atoms with Gasteiger partial charge in [0.25, 0.3) is 0 Å². The van der Waals surface area contributed by atoms with E-state index in [4.69, 9.17) is 9.84 Å². The molecule has 0 amide bonds. The highest BCUT2D eigenvalue weighted by molar-refractivity contribution is 8.14. The van der Waals surface area contributed by atoms with E-state index in [9.17, 15) is 5.11 Å². The molecule has 92 valence electrons. The molecule has 4 atom stereocenters. The molecule has 2 aliphatic heterocycles. The quantitative estimate of drug-likeness (QED) is 0.650. The normalized spacial score (nSPS) is 40.8. The molecule has 2 saturated heterocycles. The minimum atomic E-state index is -0.593. The summed E-state index contributed by atoms with van der Waals surface area (Å²) in [6, 6.07) is 0.110. The third-order valence-corrected chi connectivity index (χ3v) is 3.90. The van der Waals surface area contributed by atoms with Crippen LogP contribution in [0.15, 0.2) is 4.99 Å². The number of nitrogens with one attached hydrogen (secondary N) is 1. The van der Waals surface area contributed by atoms with Crippen LogP contribution in [0.4, 0.5) is 0 Å². The summed E-state index contributed by atoms with van der Waals surface area (Å²) >= 11 is 1.55. The van der Waals surface area contributed by atoms with Gasteiger partial charge in [0.05, 0.1) is 18.8 Å². The predicted molar refractivity (Wildman–Crippen MR) is 63.5 cm³/mol. The van der Waals surface area contributed by atoms with Crippen LogP contribution in [-0.2, 0) is 4.74 Å². The highest BCUT2D eigenvalue weighted by Crippen LogP contribution is 2.33. The van der Waals surface area contributed by atoms with Gasteiger partial charge in [-0.15, -0.1) is 0 Å². The maximum Gasteiger partial charge on any atom is 0.159 e. The lowest BCUT2D eigenvalue weighted by Gasteiger charge is -2.33. The Morgan fingerprint density at radius 3 is 3.12 bits per heavy atom. The van der Waals surface area contributed by atoms with Gasteiger partial charge in [0.2, 0.25) is 0 Å². The molecule has 0 aromatic heterocycles. The van der Waals surface area contributed by atoms with Crippen LogP contribution in [0.2, 0.25) is 0 Å². The molecule has 0 aromatic carbocycles. The summed E-state index contributed by atoms with van der Waals surface area (Å²) in [5.41, 5.74) is -0.0313. The zero-order valence-corrected chi connectivity index (χ0v) is 10.1. The van der Waals surface area contributed by atoms with Crippen LogP contribution in [0.25, 0.3) is 0 Å². The summed E-state index contributed by atoms with van der Waals surface area (Å²) in [6.07, 6.45) is 0.573. The Hall–Kier alpha value is -0.300. The second-order valence-electron chi connectivity index (χ2n) is 4.08. The fraction of sp³-hybridized carbons (Fsp3) is 0.900. The lowest BCUT2D eigenvalue weighted by molar-refractivity contribution is -0.114. The molecule has 2 aliphatic rings. The van der Waals surface area contributed by atoms with E-state index in [1.54, 1.807) is 11.8 Å². The number of fused-ring (bicyclic) bond motifs is 1. The van der Waals surface area contributed by atoms with Crippen molar-refractivity contribution < 1.29 is 14.9 Å². The molecule has 0 aliphatic carbocycles. The van der Waals surface area contributed by atoms with Gasteiger partial charge in [-0.1, -0.05) is 18.7 Å². The minimum Gasteiger partial charge on any atom is -0.394 e. The Morgan fingerprint density at radius 1 is 1.62 bits per heavy atom. The van der Waals surface area contributed by atoms with Crippen molar-refractivity contribution in [1.82, 2.24) is 5.32 Å². The summed E-state index contributed by atoms with van der Waals surface area (Å²) in [4.78, 5) is 4.39. The van der Waals surface area contributed by atoms with Crippen LogP contribution in [0, 0.1) is 0 Å². The number of nitrogens with zero attached hydrogens (tertiary/aromatic N) is 1. The Labute approximate surface area is 99.3 Å². The zero-order chi connectivity index (χ0) is 11.5. The Morgan fingerprint density at radius 2 is 2.44 bits per heavy atom. The predicted octanol–water partition coefficient (Wildman–Crippen LogP) is -0.0744. The van der Waals surface area contributed by atoms with Crippen LogP contribution in [0.5, 0.6) is 0 Å². The van der Waals surface area contributed by atoms with Gasteiger partial charge >= 0.3 is 0 Å². The molecule has 2 heterocycles. The second kappa shape index (κ2) is 5.35. The van der Waals surface area contributed by atoms with E-state index in [0.29, 0.717) is 6.42 Å². The van der Waals surface area contributed by atoms with Gasteiger partial charge < -0.3 is 20.3 Å². The van der Waals surface area contributed by atoms with Gasteiger partial charge in [0, 0.05) is 6.54 Å². The number of rotatable bonds is 3. The van der Waals surface area contributed by atoms with Gasteiger partial charge in [-0.05, 0) is 12.8 Å². The van der Waals surface area contributed by atoms with Gasteiger partial charge in [0.1, 0.15) is 11.5 Å². The number of amidine groups is 1. The third kappa shape index (κ3) is 2.51. The Kier molecular flexibility index (Phi) is 4.07. The first kappa shape index (κ1) is 12.2. The molecule has 0 aromatic rings. The summed E-state index contributed by atoms with van der Waals surface area (Å²) < 4.78 is 5.60. The molecule has 1 unspecified atom stereocenters. The van der Waals surface area contributed by atoms with Crippen LogP contribution in [0.3, 0.4) is 0 Å². The number of hydrogen-bond donors (Lipinski definition) is 3. The Bertz CT molecular complexity index is 275. The SMILES string of the molecule is CCCN=C1N[C@@H]2C[C@H](O)C(CO)O[C@@H]2S1. The van der Waals surface area contributed by atoms with E-state index in [1.165, 1.54) is 0 Å². The van der Waals surface area contributed by atoms with Crippen LogP contribution < -0.4 is 5.32 Å². The molecular formula is C10H18N2O3S. The van der Waals surface area contributed by atoms with Crippen molar-refractivity contribution >= 4 is 16.9 Å². The molecular weight excluding hydrogens is 228 g/mol. The van der Waals surface area contributed by atoms with Gasteiger partial charge in [-0.2, -0.15) is 0 Å². The largest absolute Gasteiger partial charge is 0.394 e. The number of aliphatic hydroxyl groups excluding tert-OH is 2. The summed E-state index contributed by atoms with van der Waals surface area (Å²) in [5, 5.41) is 22.9. The molecule has 0 saturated carbocycles. The van der Waals surface area contributed by atoms with Crippen molar-refractivity contribution in [3.05, 3.63) is 0 Å². The molecule has 5 nitrogen and oxygen atoms in total. The van der Waals surface area contributed by atoms with Crippen molar-refractivity contribution in [1.29, 1.82) is 0 Å². The maximum atomic E-state index is 9.70. The van der Waals surface area contributed by atoms with Crippen molar-refractivity contribution in [3.63, 3.8) is 0 Å². The first-order valence-electron chi connectivity index (χ1n) is 5.66. The molecule has 6 heteroatoms. The topological polar surface area (TPSA) is 74.1 Å². The monoisotopic (exact) mass is 246 g/mol. The standard InChI is InChI=1S/C10H18N2O3S/c1-2-3-11-10-12-6-4-7(14)8(5-13)15-9(6)16-10/h6-9,13-14H,2-5H2,1H3,(H,11,12)/t6-,7+,8?,9-/m1/s1. The van der Waals surface area contributed by atoms with Gasteiger partial charge in [-0.3, -0.25) is 4.99 Å². The molecule has 2 fully saturated rings. The Balaban J connectivity index is 1.95. The lowest BCUT2D eigenvalue weighted by atomic mass is 10.0. The number of thioether (sulfide) groups is 1. The highest BCUT2D eigenvalue weighted by atomic mass is 32.2. The van der Waals surface area contributed by atoms with E-state index < -0.39 is 12.2 Å². The highest BCUT2D eigenvalue weighted by Gasteiger charge is 2.42. The van der Waals surface area contributed by atoms with Crippen LogP contribution >= 0.6 is 11.8 Å². The van der Waals surface area contributed by atoms with Crippen molar-refractivity contribution in [2.24, 2.45) is 4.99 Å². The zero-order valence-electron chi connectivity index (χ0n) is 9.30. The molecule has 3 N–H and O–H groups in total. The molecule has 0 radical (unpaired) electrons. The molecule has 0 spiro atoms. The fourth-order valence-corrected chi connectivity index (χ4v) is 3.03. The average Bonchev–Trinajstić information content (AvgIpc) is 2.66. The average molecular weight is 246 g/mol. The fourth-order valence-electron chi connectivity index (χ4n) is 1.88. The first-order valence-corrected chi connectivity index (χ1v) is 6.54. The maximum absolute atomic E-state index is 9.70. The summed E-state index contributed by atoms with van der Waals surface area (Å²) in [7, 11) is 0. The van der Waals surface area contributed by atoms with E-state index in [0.717, 1.165) is 18.1 Å². The van der Waals surface area contributed by atoms with Crippen molar-refractivity contribution in [2.75, 3.05) is 13.2 Å². The molecule has 0 bridgehead atoms. The smallest absolute Gasteiger partial charge is 0.159 e. The second-order valence-corrected chi connectivity index (χ2v) is 5.17. The number of hydrogen-bond acceptors (Lipinski definition) is 5. The van der Waals surface area contributed by atoms with E-state index in [1.807, 2.05) is 0 Å². The van der Waals surface area contributed by atoms with Crippen LogP contribution in [-0.4, -0.2) is 52.2 Å². The number of aliphatic imine (C=N–C) groups is 1. The van der Waals surface area contributed by atoms with Gasteiger partial charge in [0.15, 0.2) is 5.17 Å².